The summed E-state index contributed by atoms with van der Waals surface area (Å²) in [5.41, 5.74) is 0. The third-order valence-electron chi connectivity index (χ3n) is 0.500. The van der Waals surface area contributed by atoms with Crippen LogP contribution in [-0.4, -0.2) is 35.8 Å². The molecule has 13 heteroatoms. The topological polar surface area (TPSA) is 241 Å². The Hall–Kier alpha value is -2.49. The molecule has 0 unspecified atom stereocenters. The molecule has 0 amide bonds. The van der Waals surface area contributed by atoms with Gasteiger partial charge in [-0.25, -0.2) is 0 Å². The van der Waals surface area contributed by atoms with Crippen molar-refractivity contribution in [3.8, 4) is 0 Å². The van der Waals surface area contributed by atoms with E-state index in [0.29, 0.717) is 0 Å². The number of carbonyl (C=O) groups excluding carboxylic acids is 6. The Balaban J connectivity index is -0.0000000865. The average Bonchev–Trinajstić information content (AvgIpc) is 2.18. The van der Waals surface area contributed by atoms with E-state index in [0.717, 1.165) is 0 Å². The molecule has 0 aromatic carbocycles. The number of carbonyl (C=O) groups is 6. The second-order valence-corrected chi connectivity index (χ2v) is 1.72. The van der Waals surface area contributed by atoms with Gasteiger partial charge in [0, 0.05) is 0 Å². The Morgan fingerprint density at radius 1 is 0.368 bits per heavy atom. The van der Waals surface area contributed by atoms with Gasteiger partial charge in [0.2, 0.25) is 0 Å². The van der Waals surface area contributed by atoms with Gasteiger partial charge >= 0.3 is 21.1 Å². The molecule has 0 radical (unpaired) electrons. The first-order chi connectivity index (χ1) is 7.93. The van der Waals surface area contributed by atoms with Crippen molar-refractivity contribution in [1.82, 2.24) is 0 Å². The van der Waals surface area contributed by atoms with Crippen LogP contribution in [0.3, 0.4) is 0 Å². The summed E-state index contributed by atoms with van der Waals surface area (Å²) in [5, 5.41) is 53.6. The molecule has 0 aromatic rings. The van der Waals surface area contributed by atoms with Gasteiger partial charge < -0.3 is 59.4 Å². The molecule has 102 valence electrons. The van der Waals surface area contributed by atoms with Crippen LogP contribution in [0.4, 0.5) is 0 Å². The Morgan fingerprint density at radius 3 is 0.421 bits per heavy atom. The molecule has 0 aliphatic heterocycles. The summed E-state index contributed by atoms with van der Waals surface area (Å²) < 4.78 is 0. The van der Waals surface area contributed by atoms with E-state index in [1.165, 1.54) is 0 Å². The van der Waals surface area contributed by atoms with E-state index in [9.17, 15) is 0 Å². The second-order valence-electron chi connectivity index (χ2n) is 1.72. The zero-order valence-electron chi connectivity index (χ0n) is 8.31. The van der Waals surface area contributed by atoms with Crippen molar-refractivity contribution in [3.63, 3.8) is 0 Å². The van der Waals surface area contributed by atoms with Gasteiger partial charge in [-0.1, -0.05) is 0 Å². The minimum atomic E-state index is -2.19. The van der Waals surface area contributed by atoms with E-state index in [-0.39, 0.29) is 21.1 Å². The molecule has 0 saturated heterocycles. The first-order valence-corrected chi connectivity index (χ1v) is 3.20. The summed E-state index contributed by atoms with van der Waals surface area (Å²) in [6, 6.07) is 0. The number of carboxylic acid groups (broad SMARTS) is 6. The molecule has 0 spiro atoms. The van der Waals surface area contributed by atoms with Gasteiger partial charge in [0.1, 0.15) is 0 Å². The first kappa shape index (κ1) is 25.4. The zero-order valence-corrected chi connectivity index (χ0v) is 10.3. The van der Waals surface area contributed by atoms with Gasteiger partial charge in [-0.2, -0.15) is 0 Å². The van der Waals surface area contributed by atoms with Crippen LogP contribution in [0.1, 0.15) is 0 Å². The summed E-state index contributed by atoms with van der Waals surface area (Å²) >= 11 is 0. The Labute approximate surface area is 117 Å². The largest absolute Gasteiger partial charge is 6.00 e. The van der Waals surface area contributed by atoms with Crippen LogP contribution in [0.2, 0.25) is 0 Å². The maximum absolute atomic E-state index is 8.93. The van der Waals surface area contributed by atoms with E-state index >= 15 is 0 Å². The van der Waals surface area contributed by atoms with Crippen LogP contribution in [-0.2, 0) is 49.8 Å². The van der Waals surface area contributed by atoms with Crippen molar-refractivity contribution >= 4 is 35.8 Å². The van der Waals surface area contributed by atoms with Gasteiger partial charge in [-0.15, -0.1) is 0 Å². The molecular weight excluding hydrogens is 360 g/mol. The molecule has 0 heterocycles. The SMILES string of the molecule is O=C([O-])C(=O)[O-].O=C([O-])C(=O)[O-].O=C([O-])C(=O)[O-].[Mo+6]. The van der Waals surface area contributed by atoms with E-state index < -0.39 is 35.8 Å². The number of hydrogen-bond donors (Lipinski definition) is 0. The maximum atomic E-state index is 8.93. The number of rotatable bonds is 0. The first-order valence-electron chi connectivity index (χ1n) is 3.20. The summed E-state index contributed by atoms with van der Waals surface area (Å²) in [5.74, 6) is -13.1. The Morgan fingerprint density at radius 2 is 0.421 bits per heavy atom. The molecular formula is C6MoO12. The van der Waals surface area contributed by atoms with E-state index in [4.69, 9.17) is 59.4 Å². The molecule has 12 nitrogen and oxygen atoms in total. The molecule has 0 atom stereocenters. The van der Waals surface area contributed by atoms with E-state index in [1.54, 1.807) is 0 Å². The molecule has 0 rings (SSSR count). The smallest absolute Gasteiger partial charge is 0.543 e. The van der Waals surface area contributed by atoms with Crippen LogP contribution in [0.15, 0.2) is 0 Å². The van der Waals surface area contributed by atoms with Gasteiger partial charge in [0.05, 0.1) is 35.8 Å². The summed E-state index contributed by atoms with van der Waals surface area (Å²) in [6.45, 7) is 0. The summed E-state index contributed by atoms with van der Waals surface area (Å²) in [6.07, 6.45) is 0. The fraction of sp³-hybridized carbons (Fsp3) is 0. The number of hydrogen-bond acceptors (Lipinski definition) is 12. The zero-order chi connectivity index (χ0) is 15.5. The van der Waals surface area contributed by atoms with Crippen molar-refractivity contribution in [2.45, 2.75) is 0 Å². The van der Waals surface area contributed by atoms with Crippen molar-refractivity contribution in [3.05, 3.63) is 0 Å². The second kappa shape index (κ2) is 13.6. The monoisotopic (exact) mass is 362 g/mol. The van der Waals surface area contributed by atoms with E-state index in [2.05, 4.69) is 0 Å². The molecule has 19 heavy (non-hydrogen) atoms. The molecule has 0 fully saturated rings. The van der Waals surface area contributed by atoms with Crippen molar-refractivity contribution in [2.75, 3.05) is 0 Å². The Kier molecular flexibility index (Phi) is 18.1. The van der Waals surface area contributed by atoms with Crippen molar-refractivity contribution in [2.24, 2.45) is 0 Å². The van der Waals surface area contributed by atoms with Crippen LogP contribution < -0.4 is 30.6 Å². The number of aliphatic carboxylic acids is 6. The van der Waals surface area contributed by atoms with Gasteiger partial charge in [0.25, 0.3) is 0 Å². The average molecular weight is 360 g/mol. The van der Waals surface area contributed by atoms with Gasteiger partial charge in [-0.05, 0) is 0 Å². The normalized spacial score (nSPS) is 6.95. The number of carboxylic acids is 6. The van der Waals surface area contributed by atoms with Crippen LogP contribution in [0, 0.1) is 0 Å². The fourth-order valence-electron chi connectivity index (χ4n) is 0. The molecule has 0 bridgehead atoms. The molecule has 0 aliphatic carbocycles. The van der Waals surface area contributed by atoms with Crippen LogP contribution in [0.5, 0.6) is 0 Å². The molecule has 0 saturated carbocycles. The van der Waals surface area contributed by atoms with E-state index in [1.807, 2.05) is 0 Å². The molecule has 0 N–H and O–H groups in total. The summed E-state index contributed by atoms with van der Waals surface area (Å²) in [4.78, 5) is 53.6. The predicted octanol–water partition coefficient (Wildman–Crippen LogP) is -10.5. The quantitative estimate of drug-likeness (QED) is 0.289. The maximum Gasteiger partial charge on any atom is 6.00 e. The minimum Gasteiger partial charge on any atom is -0.543 e. The summed E-state index contributed by atoms with van der Waals surface area (Å²) in [7, 11) is 0. The van der Waals surface area contributed by atoms with Crippen molar-refractivity contribution < 1.29 is 80.5 Å². The molecule has 0 aliphatic rings. The van der Waals surface area contributed by atoms with Gasteiger partial charge in [0.15, 0.2) is 0 Å². The predicted molar refractivity (Wildman–Crippen MR) is 30.0 cm³/mol. The van der Waals surface area contributed by atoms with Crippen LogP contribution >= 0.6 is 0 Å². The van der Waals surface area contributed by atoms with Crippen LogP contribution in [0.25, 0.3) is 0 Å². The molecule has 0 aromatic heterocycles. The standard InChI is InChI=1S/3C2H2O4.Mo/c3*3-1(4)2(5)6;/h3*(H,3,4)(H,5,6);/q;;;+6/p-6. The minimum absolute atomic E-state index is 0. The fourth-order valence-corrected chi connectivity index (χ4v) is 0. The Bertz CT molecular complexity index is 277. The van der Waals surface area contributed by atoms with Crippen molar-refractivity contribution in [1.29, 1.82) is 0 Å². The third-order valence-corrected chi connectivity index (χ3v) is 0.500. The third kappa shape index (κ3) is 31.3. The van der Waals surface area contributed by atoms with Gasteiger partial charge in [-0.3, -0.25) is 0 Å².